The van der Waals surface area contributed by atoms with E-state index in [4.69, 9.17) is 4.42 Å². The lowest BCUT2D eigenvalue weighted by molar-refractivity contribution is 0.0955. The van der Waals surface area contributed by atoms with Gasteiger partial charge < -0.3 is 4.42 Å². The first-order valence-corrected chi connectivity index (χ1v) is 10.9. The summed E-state index contributed by atoms with van der Waals surface area (Å²) in [5, 5.41) is 3.92. The number of nitrogens with zero attached hydrogens (tertiary/aromatic N) is 2. The molecule has 1 N–H and O–H groups in total. The second-order valence-corrected chi connectivity index (χ2v) is 9.33. The van der Waals surface area contributed by atoms with Crippen molar-refractivity contribution in [2.75, 3.05) is 13.1 Å². The molecule has 2 aromatic rings. The highest BCUT2D eigenvalue weighted by Gasteiger charge is 2.36. The summed E-state index contributed by atoms with van der Waals surface area (Å²) in [5.74, 6) is 2.28. The Balaban J connectivity index is 1.36. The normalized spacial score (nSPS) is 22.6. The largest absolute Gasteiger partial charge is 0.460 e. The molecule has 0 unspecified atom stereocenters. The van der Waals surface area contributed by atoms with Gasteiger partial charge in [0.05, 0.1) is 11.1 Å². The molecule has 4 rings (SSSR count). The summed E-state index contributed by atoms with van der Waals surface area (Å²) < 4.78 is 32.2. The van der Waals surface area contributed by atoms with Crippen LogP contribution in [0.3, 0.4) is 0 Å². The van der Waals surface area contributed by atoms with Crippen molar-refractivity contribution in [1.82, 2.24) is 9.73 Å². The Morgan fingerprint density at radius 3 is 2.50 bits per heavy atom. The van der Waals surface area contributed by atoms with Crippen LogP contribution in [0.5, 0.6) is 0 Å². The summed E-state index contributed by atoms with van der Waals surface area (Å²) in [7, 11) is -3.48. The van der Waals surface area contributed by atoms with Crippen LogP contribution in [-0.2, 0) is 10.0 Å². The van der Waals surface area contributed by atoms with Crippen LogP contribution in [-0.4, -0.2) is 37.9 Å². The number of furan rings is 1. The van der Waals surface area contributed by atoms with Crippen LogP contribution in [0.25, 0.3) is 0 Å². The van der Waals surface area contributed by atoms with Gasteiger partial charge in [-0.1, -0.05) is 6.92 Å². The van der Waals surface area contributed by atoms with E-state index in [-0.39, 0.29) is 4.90 Å². The van der Waals surface area contributed by atoms with Crippen LogP contribution in [0.1, 0.15) is 54.0 Å². The van der Waals surface area contributed by atoms with Gasteiger partial charge in [-0.25, -0.2) is 13.8 Å². The minimum absolute atomic E-state index is 0.201. The molecule has 8 heteroatoms. The van der Waals surface area contributed by atoms with Gasteiger partial charge in [-0.05, 0) is 61.6 Å². The molecule has 1 saturated carbocycles. The van der Waals surface area contributed by atoms with E-state index in [9.17, 15) is 13.2 Å². The maximum absolute atomic E-state index is 12.5. The Labute approximate surface area is 164 Å². The zero-order chi connectivity index (χ0) is 19.7. The van der Waals surface area contributed by atoms with Crippen molar-refractivity contribution in [3.05, 3.63) is 53.5 Å². The molecule has 1 aromatic heterocycles. The smallest absolute Gasteiger partial charge is 0.271 e. The van der Waals surface area contributed by atoms with Gasteiger partial charge in [-0.15, -0.1) is 0 Å². The van der Waals surface area contributed by atoms with E-state index >= 15 is 0 Å². The van der Waals surface area contributed by atoms with Crippen LogP contribution in [0.2, 0.25) is 0 Å². The van der Waals surface area contributed by atoms with Crippen molar-refractivity contribution in [2.45, 2.75) is 37.0 Å². The third kappa shape index (κ3) is 3.88. The average molecular weight is 401 g/mol. The Bertz CT molecular complexity index is 989. The van der Waals surface area contributed by atoms with E-state index in [1.54, 1.807) is 0 Å². The van der Waals surface area contributed by atoms with Gasteiger partial charge in [-0.2, -0.15) is 9.41 Å². The van der Waals surface area contributed by atoms with E-state index in [1.807, 2.05) is 12.1 Å². The zero-order valence-electron chi connectivity index (χ0n) is 15.7. The fraction of sp³-hybridized carbons (Fsp3) is 0.400. The van der Waals surface area contributed by atoms with Gasteiger partial charge >= 0.3 is 0 Å². The first kappa shape index (κ1) is 18.9. The topological polar surface area (TPSA) is 92.0 Å². The van der Waals surface area contributed by atoms with Crippen LogP contribution >= 0.6 is 0 Å². The molecule has 0 radical (unpaired) electrons. The van der Waals surface area contributed by atoms with Crippen molar-refractivity contribution >= 4 is 22.1 Å². The molecule has 2 aliphatic rings. The molecule has 7 nitrogen and oxygen atoms in total. The van der Waals surface area contributed by atoms with Crippen LogP contribution < -0.4 is 5.43 Å². The lowest BCUT2D eigenvalue weighted by Gasteiger charge is -2.15. The van der Waals surface area contributed by atoms with Gasteiger partial charge in [0.25, 0.3) is 5.91 Å². The standard InChI is InChI=1S/C20H23N3O4S/c1-14-12-18(14)19-9-6-16(27-19)13-21-22-20(24)15-4-7-17(8-5-15)28(25,26)23-10-2-3-11-23/h4-9,13-14,18H,2-3,10-12H2,1H3,(H,22,24)/b21-13-/t14-,18+/m0/s1. The molecule has 1 aliphatic carbocycles. The number of nitrogens with one attached hydrogen (secondary N) is 1. The number of hydrogen-bond donors (Lipinski definition) is 1. The Hall–Kier alpha value is -2.45. The molecule has 1 aromatic carbocycles. The average Bonchev–Trinajstić information content (AvgIpc) is 3.12. The number of carbonyl (C=O) groups is 1. The summed E-state index contributed by atoms with van der Waals surface area (Å²) in [6.07, 6.45) is 4.37. The van der Waals surface area contributed by atoms with Gasteiger partial charge in [0.15, 0.2) is 0 Å². The van der Waals surface area contributed by atoms with Crippen molar-refractivity contribution in [1.29, 1.82) is 0 Å². The first-order valence-electron chi connectivity index (χ1n) is 9.48. The van der Waals surface area contributed by atoms with Crippen LogP contribution in [0, 0.1) is 5.92 Å². The second-order valence-electron chi connectivity index (χ2n) is 7.39. The van der Waals surface area contributed by atoms with Crippen molar-refractivity contribution in [3.8, 4) is 0 Å². The zero-order valence-corrected chi connectivity index (χ0v) is 16.5. The number of rotatable bonds is 6. The lowest BCUT2D eigenvalue weighted by Crippen LogP contribution is -2.28. The molecule has 2 fully saturated rings. The minimum Gasteiger partial charge on any atom is -0.460 e. The molecule has 1 saturated heterocycles. The highest BCUT2D eigenvalue weighted by molar-refractivity contribution is 7.89. The quantitative estimate of drug-likeness (QED) is 0.595. The Morgan fingerprint density at radius 2 is 1.86 bits per heavy atom. The fourth-order valence-corrected chi connectivity index (χ4v) is 4.95. The summed E-state index contributed by atoms with van der Waals surface area (Å²) in [6, 6.07) is 9.68. The van der Waals surface area contributed by atoms with E-state index in [1.165, 1.54) is 34.8 Å². The first-order chi connectivity index (χ1) is 13.4. The number of amides is 1. The highest BCUT2D eigenvalue weighted by Crippen LogP contribution is 2.47. The molecule has 1 aliphatic heterocycles. The van der Waals surface area contributed by atoms with Crippen LogP contribution in [0.15, 0.2) is 50.8 Å². The predicted molar refractivity (Wildman–Crippen MR) is 105 cm³/mol. The molecule has 1 amide bonds. The van der Waals surface area contributed by atoms with Crippen molar-refractivity contribution in [2.24, 2.45) is 11.0 Å². The summed E-state index contributed by atoms with van der Waals surface area (Å²) in [6.45, 7) is 3.28. The molecule has 148 valence electrons. The summed E-state index contributed by atoms with van der Waals surface area (Å²) >= 11 is 0. The van der Waals surface area contributed by atoms with Crippen molar-refractivity contribution < 1.29 is 17.6 Å². The molecular formula is C20H23N3O4S. The van der Waals surface area contributed by atoms with E-state index in [2.05, 4.69) is 17.5 Å². The molecular weight excluding hydrogens is 378 g/mol. The van der Waals surface area contributed by atoms with Gasteiger partial charge in [0.2, 0.25) is 10.0 Å². The van der Waals surface area contributed by atoms with Gasteiger partial charge in [0, 0.05) is 24.6 Å². The summed E-state index contributed by atoms with van der Waals surface area (Å²) in [4.78, 5) is 12.4. The van der Waals surface area contributed by atoms with Crippen LogP contribution in [0.4, 0.5) is 0 Å². The molecule has 0 spiro atoms. The number of sulfonamides is 1. The maximum atomic E-state index is 12.5. The lowest BCUT2D eigenvalue weighted by atomic mass is 10.2. The summed E-state index contributed by atoms with van der Waals surface area (Å²) in [5.41, 5.74) is 2.77. The van der Waals surface area contributed by atoms with E-state index in [0.717, 1.165) is 25.0 Å². The Morgan fingerprint density at radius 1 is 1.18 bits per heavy atom. The third-order valence-electron chi connectivity index (χ3n) is 5.30. The van der Waals surface area contributed by atoms with E-state index < -0.39 is 15.9 Å². The highest BCUT2D eigenvalue weighted by atomic mass is 32.2. The fourth-order valence-electron chi connectivity index (χ4n) is 3.43. The van der Waals surface area contributed by atoms with E-state index in [0.29, 0.717) is 36.2 Å². The number of hydrazone groups is 1. The molecule has 2 heterocycles. The maximum Gasteiger partial charge on any atom is 0.271 e. The van der Waals surface area contributed by atoms with Gasteiger partial charge in [0.1, 0.15) is 11.5 Å². The minimum atomic E-state index is -3.48. The number of benzene rings is 1. The monoisotopic (exact) mass is 401 g/mol. The Kier molecular flexibility index (Phi) is 5.07. The molecule has 2 atom stereocenters. The second kappa shape index (κ2) is 7.52. The number of carbonyl (C=O) groups excluding carboxylic acids is 1. The molecule has 0 bridgehead atoms. The number of hydrogen-bond acceptors (Lipinski definition) is 5. The SMILES string of the molecule is C[C@H]1C[C@H]1c1ccc(/C=N\NC(=O)c2ccc(S(=O)(=O)N3CCCC3)cc2)o1. The van der Waals surface area contributed by atoms with Crippen molar-refractivity contribution in [3.63, 3.8) is 0 Å². The predicted octanol–water partition coefficient (Wildman–Crippen LogP) is 2.95. The van der Waals surface area contributed by atoms with Gasteiger partial charge in [-0.3, -0.25) is 4.79 Å². The third-order valence-corrected chi connectivity index (χ3v) is 7.21. The molecule has 28 heavy (non-hydrogen) atoms.